The molecule has 0 saturated carbocycles. The molecule has 2 aromatic heterocycles. The van der Waals surface area contributed by atoms with Gasteiger partial charge in [0.15, 0.2) is 4.80 Å². The van der Waals surface area contributed by atoms with Crippen LogP contribution in [0.15, 0.2) is 110 Å². The zero-order valence-corrected chi connectivity index (χ0v) is 25.0. The number of thiazole rings is 1. The van der Waals surface area contributed by atoms with Crippen LogP contribution in [0, 0.1) is 13.8 Å². The van der Waals surface area contributed by atoms with Gasteiger partial charge in [-0.3, -0.25) is 14.2 Å². The number of benzene rings is 3. The van der Waals surface area contributed by atoms with Crippen molar-refractivity contribution in [3.63, 3.8) is 0 Å². The number of hydrogen-bond acceptors (Lipinski definition) is 5. The third kappa shape index (κ3) is 5.03. The van der Waals surface area contributed by atoms with Crippen molar-refractivity contribution in [1.82, 2.24) is 14.3 Å². The molecule has 1 atom stereocenters. The maximum absolute atomic E-state index is 14.1. The van der Waals surface area contributed by atoms with Crippen LogP contribution in [0.3, 0.4) is 0 Å². The normalized spacial score (nSPS) is 15.0. The summed E-state index contributed by atoms with van der Waals surface area (Å²) in [7, 11) is 0. The van der Waals surface area contributed by atoms with E-state index in [2.05, 4.69) is 21.2 Å². The third-order valence-corrected chi connectivity index (χ3v) is 8.62. The van der Waals surface area contributed by atoms with E-state index in [1.165, 1.54) is 11.3 Å². The van der Waals surface area contributed by atoms with Crippen molar-refractivity contribution in [3.8, 4) is 5.69 Å². The summed E-state index contributed by atoms with van der Waals surface area (Å²) in [6, 6.07) is 26.2. The van der Waals surface area contributed by atoms with Crippen molar-refractivity contribution in [1.29, 1.82) is 0 Å². The lowest BCUT2D eigenvalue weighted by Crippen LogP contribution is -2.40. The molecule has 0 radical (unpaired) electrons. The first-order valence-corrected chi connectivity index (χ1v) is 14.7. The van der Waals surface area contributed by atoms with Crippen LogP contribution in [-0.2, 0) is 4.79 Å². The number of anilines is 1. The minimum atomic E-state index is -0.639. The molecule has 204 valence electrons. The molecule has 7 nitrogen and oxygen atoms in total. The van der Waals surface area contributed by atoms with Gasteiger partial charge in [-0.15, -0.1) is 0 Å². The maximum atomic E-state index is 14.1. The second-order valence-corrected chi connectivity index (χ2v) is 11.7. The Hall–Kier alpha value is -4.34. The van der Waals surface area contributed by atoms with E-state index in [4.69, 9.17) is 10.1 Å². The average molecular weight is 625 g/mol. The highest BCUT2D eigenvalue weighted by Gasteiger charge is 2.32. The summed E-state index contributed by atoms with van der Waals surface area (Å²) in [5.41, 5.74) is 5.88. The number of rotatable bonds is 5. The Morgan fingerprint density at radius 2 is 1.61 bits per heavy atom. The molecule has 5 aromatic rings. The number of fused-ring (bicyclic) bond motifs is 1. The highest BCUT2D eigenvalue weighted by molar-refractivity contribution is 9.10. The van der Waals surface area contributed by atoms with Crippen LogP contribution in [0.1, 0.15) is 35.5 Å². The van der Waals surface area contributed by atoms with Gasteiger partial charge >= 0.3 is 0 Å². The van der Waals surface area contributed by atoms with Gasteiger partial charge in [-0.05, 0) is 68.8 Å². The summed E-state index contributed by atoms with van der Waals surface area (Å²) in [4.78, 5) is 33.1. The number of aryl methyl sites for hydroxylation is 1. The summed E-state index contributed by atoms with van der Waals surface area (Å²) < 4.78 is 4.96. The molecule has 0 aliphatic carbocycles. The first-order chi connectivity index (χ1) is 19.8. The Labute approximate surface area is 249 Å². The zero-order chi connectivity index (χ0) is 28.7. The molecule has 0 bridgehead atoms. The number of para-hydroxylation sites is 2. The van der Waals surface area contributed by atoms with Crippen LogP contribution in [0.25, 0.3) is 11.8 Å². The molecule has 41 heavy (non-hydrogen) atoms. The molecular weight excluding hydrogens is 598 g/mol. The first kappa shape index (κ1) is 26.9. The molecule has 1 aliphatic rings. The van der Waals surface area contributed by atoms with Gasteiger partial charge in [0.25, 0.3) is 11.5 Å². The number of amides is 1. The monoisotopic (exact) mass is 623 g/mol. The summed E-state index contributed by atoms with van der Waals surface area (Å²) in [6.07, 6.45) is 1.89. The van der Waals surface area contributed by atoms with Gasteiger partial charge in [-0.2, -0.15) is 5.10 Å². The largest absolute Gasteiger partial charge is 0.322 e. The number of nitrogens with one attached hydrogen (secondary N) is 1. The number of nitrogens with zero attached hydrogens (tertiary/aromatic N) is 4. The number of allylic oxidation sites excluding steroid dienone is 1. The van der Waals surface area contributed by atoms with Gasteiger partial charge in [0.2, 0.25) is 0 Å². The van der Waals surface area contributed by atoms with Crippen LogP contribution in [0.5, 0.6) is 0 Å². The molecule has 0 saturated heterocycles. The Morgan fingerprint density at radius 1 is 0.951 bits per heavy atom. The summed E-state index contributed by atoms with van der Waals surface area (Å²) in [6.45, 7) is 5.76. The molecule has 0 spiro atoms. The number of halogens is 1. The lowest BCUT2D eigenvalue weighted by molar-refractivity contribution is -0.113. The van der Waals surface area contributed by atoms with E-state index in [0.29, 0.717) is 26.3 Å². The van der Waals surface area contributed by atoms with Gasteiger partial charge in [0.05, 0.1) is 33.2 Å². The van der Waals surface area contributed by atoms with E-state index < -0.39 is 6.04 Å². The third-order valence-electron chi connectivity index (χ3n) is 7.11. The van der Waals surface area contributed by atoms with E-state index in [9.17, 15) is 9.59 Å². The van der Waals surface area contributed by atoms with Crippen molar-refractivity contribution in [2.45, 2.75) is 26.8 Å². The Kier molecular flexibility index (Phi) is 7.15. The summed E-state index contributed by atoms with van der Waals surface area (Å²) in [5.74, 6) is -0.296. The van der Waals surface area contributed by atoms with Gasteiger partial charge in [0.1, 0.15) is 0 Å². The van der Waals surface area contributed by atoms with E-state index in [1.807, 2.05) is 116 Å². The maximum Gasteiger partial charge on any atom is 0.271 e. The van der Waals surface area contributed by atoms with Crippen LogP contribution >= 0.6 is 27.3 Å². The molecule has 0 fully saturated rings. The van der Waals surface area contributed by atoms with Crippen LogP contribution < -0.4 is 20.2 Å². The van der Waals surface area contributed by atoms with E-state index in [0.717, 1.165) is 32.7 Å². The van der Waals surface area contributed by atoms with Gasteiger partial charge in [-0.25, -0.2) is 9.67 Å². The minimum Gasteiger partial charge on any atom is -0.322 e. The van der Waals surface area contributed by atoms with E-state index in [-0.39, 0.29) is 11.5 Å². The second kappa shape index (κ2) is 10.9. The number of aromatic nitrogens is 3. The predicted octanol–water partition coefficient (Wildman–Crippen LogP) is 5.44. The Morgan fingerprint density at radius 3 is 2.29 bits per heavy atom. The minimum absolute atomic E-state index is 0.203. The summed E-state index contributed by atoms with van der Waals surface area (Å²) in [5, 5.41) is 7.72. The average Bonchev–Trinajstić information content (AvgIpc) is 3.43. The molecule has 3 heterocycles. The molecule has 3 aromatic carbocycles. The van der Waals surface area contributed by atoms with Crippen molar-refractivity contribution >= 4 is 44.9 Å². The fourth-order valence-corrected chi connectivity index (χ4v) is 6.40. The smallest absolute Gasteiger partial charge is 0.271 e. The number of carbonyl (C=O) groups excluding carboxylic acids is 1. The lowest BCUT2D eigenvalue weighted by Gasteiger charge is -2.25. The van der Waals surface area contributed by atoms with Gasteiger partial charge in [0, 0.05) is 21.4 Å². The topological polar surface area (TPSA) is 81.3 Å². The predicted molar refractivity (Wildman–Crippen MR) is 166 cm³/mol. The molecule has 1 aliphatic heterocycles. The quantitative estimate of drug-likeness (QED) is 0.283. The van der Waals surface area contributed by atoms with Gasteiger partial charge in [-0.1, -0.05) is 75.8 Å². The molecule has 9 heteroatoms. The SMILES string of the molecule is CC1=C(C(=O)Nc2ccccc2)[C@H](c2ccc(Br)cc2)n2c(s/c(=C/c3c(C)nn(-c4ccccc4)c3C)c2=O)=N1. The van der Waals surface area contributed by atoms with Crippen molar-refractivity contribution < 1.29 is 4.79 Å². The van der Waals surface area contributed by atoms with E-state index >= 15 is 0 Å². The molecule has 1 amide bonds. The van der Waals surface area contributed by atoms with Crippen LogP contribution in [0.4, 0.5) is 5.69 Å². The highest BCUT2D eigenvalue weighted by Crippen LogP contribution is 2.31. The van der Waals surface area contributed by atoms with Crippen LogP contribution in [-0.4, -0.2) is 20.3 Å². The molecule has 6 rings (SSSR count). The summed E-state index contributed by atoms with van der Waals surface area (Å²) >= 11 is 4.82. The zero-order valence-electron chi connectivity index (χ0n) is 22.6. The Bertz CT molecular complexity index is 1990. The van der Waals surface area contributed by atoms with Crippen molar-refractivity contribution in [3.05, 3.63) is 143 Å². The second-order valence-electron chi connectivity index (χ2n) is 9.79. The van der Waals surface area contributed by atoms with Crippen molar-refractivity contribution in [2.24, 2.45) is 4.99 Å². The fourth-order valence-electron chi connectivity index (χ4n) is 5.11. The van der Waals surface area contributed by atoms with Crippen LogP contribution in [0.2, 0.25) is 0 Å². The standard InChI is InChI=1S/C32H26BrN5O2S/c1-19-26(21(3)38(36-19)25-12-8-5-9-13-25)18-27-31(40)37-29(22-14-16-23(33)17-15-22)28(20(2)34-32(37)41-27)30(39)35-24-10-6-4-7-11-24/h4-18,29H,1-3H3,(H,35,39)/b27-18+/t29-/m0/s1. The van der Waals surface area contributed by atoms with Gasteiger partial charge < -0.3 is 5.32 Å². The number of carbonyl (C=O) groups is 1. The fraction of sp³-hybridized carbons (Fsp3) is 0.125. The van der Waals surface area contributed by atoms with Crippen molar-refractivity contribution in [2.75, 3.05) is 5.32 Å². The van der Waals surface area contributed by atoms with E-state index in [1.54, 1.807) is 4.57 Å². The molecule has 0 unspecified atom stereocenters. The lowest BCUT2D eigenvalue weighted by atomic mass is 9.95. The number of hydrogen-bond donors (Lipinski definition) is 1. The Balaban J connectivity index is 1.50. The first-order valence-electron chi connectivity index (χ1n) is 13.1. The molecule has 1 N–H and O–H groups in total. The molecular formula is C32H26BrN5O2S. The highest BCUT2D eigenvalue weighted by atomic mass is 79.9.